The van der Waals surface area contributed by atoms with Crippen molar-refractivity contribution in [2.45, 2.75) is 71.8 Å². The van der Waals surface area contributed by atoms with Crippen LogP contribution in [-0.2, 0) is 23.9 Å². The number of allylic oxidation sites excluding steroid dienone is 3. The first-order valence-electron chi connectivity index (χ1n) is 13.2. The zero-order chi connectivity index (χ0) is 26.0. The van der Waals surface area contributed by atoms with Gasteiger partial charge in [0.2, 0.25) is 0 Å². The van der Waals surface area contributed by atoms with Gasteiger partial charge in [-0.15, -0.1) is 0 Å². The number of ketones is 1. The van der Waals surface area contributed by atoms with Crippen LogP contribution < -0.4 is 10.2 Å². The van der Waals surface area contributed by atoms with E-state index in [1.54, 1.807) is 0 Å². The predicted molar refractivity (Wildman–Crippen MR) is 138 cm³/mol. The zero-order valence-corrected chi connectivity index (χ0v) is 22.1. The Morgan fingerprint density at radius 3 is 2.31 bits per heavy atom. The lowest BCUT2D eigenvalue weighted by Gasteiger charge is -2.38. The second-order valence-corrected chi connectivity index (χ2v) is 10.1. The molecule has 0 saturated heterocycles. The third-order valence-electron chi connectivity index (χ3n) is 7.89. The monoisotopic (exact) mass is 494 g/mol. The van der Waals surface area contributed by atoms with Crippen molar-refractivity contribution in [1.82, 2.24) is 5.32 Å². The fraction of sp³-hybridized carbons (Fsp3) is 0.552. The van der Waals surface area contributed by atoms with E-state index in [1.165, 1.54) is 7.11 Å². The smallest absolute Gasteiger partial charge is 0.337 e. The van der Waals surface area contributed by atoms with Crippen LogP contribution in [0.5, 0.6) is 0 Å². The van der Waals surface area contributed by atoms with Crippen molar-refractivity contribution < 1.29 is 23.9 Å². The van der Waals surface area contributed by atoms with Crippen LogP contribution in [-0.4, -0.2) is 44.0 Å². The number of nitrogens with zero attached hydrogens (tertiary/aromatic N) is 1. The number of dihydropyridines is 1. The SMILES string of the molecule is CCN(CC)c1ccc([C@@H]2C(C(=O)OC3CCCC3)=C(C)NC3=C2C(=O)[C@@H](C(=O)OC)[C@@H](C)C3)cc1. The number of methoxy groups -OCH3 is 1. The molecule has 1 fully saturated rings. The summed E-state index contributed by atoms with van der Waals surface area (Å²) >= 11 is 0. The summed E-state index contributed by atoms with van der Waals surface area (Å²) in [5.74, 6) is -2.90. The number of benzene rings is 1. The molecule has 1 aromatic carbocycles. The van der Waals surface area contributed by atoms with Gasteiger partial charge in [0.1, 0.15) is 12.0 Å². The van der Waals surface area contributed by atoms with Gasteiger partial charge in [-0.25, -0.2) is 4.79 Å². The molecule has 0 amide bonds. The van der Waals surface area contributed by atoms with Gasteiger partial charge in [0.25, 0.3) is 0 Å². The van der Waals surface area contributed by atoms with E-state index < -0.39 is 23.8 Å². The number of Topliss-reactive ketones (excluding diaryl/α,β-unsaturated/α-hetero) is 1. The van der Waals surface area contributed by atoms with Crippen LogP contribution in [0.4, 0.5) is 5.69 Å². The number of anilines is 1. The minimum absolute atomic E-state index is 0.0937. The normalized spacial score (nSPS) is 24.4. The zero-order valence-electron chi connectivity index (χ0n) is 22.1. The first kappa shape index (κ1) is 26.0. The molecule has 1 saturated carbocycles. The molecule has 0 unspecified atom stereocenters. The quantitative estimate of drug-likeness (QED) is 0.437. The van der Waals surface area contributed by atoms with E-state index >= 15 is 0 Å². The molecule has 0 aromatic heterocycles. The number of esters is 2. The van der Waals surface area contributed by atoms with E-state index in [0.717, 1.165) is 55.7 Å². The van der Waals surface area contributed by atoms with Gasteiger partial charge in [0, 0.05) is 41.7 Å². The van der Waals surface area contributed by atoms with Crippen LogP contribution >= 0.6 is 0 Å². The largest absolute Gasteiger partial charge is 0.468 e. The van der Waals surface area contributed by atoms with Gasteiger partial charge in [-0.2, -0.15) is 0 Å². The average Bonchev–Trinajstić information content (AvgIpc) is 3.37. The molecule has 2 aliphatic carbocycles. The van der Waals surface area contributed by atoms with Crippen LogP contribution in [0, 0.1) is 11.8 Å². The van der Waals surface area contributed by atoms with Gasteiger partial charge >= 0.3 is 11.9 Å². The van der Waals surface area contributed by atoms with Crippen molar-refractivity contribution in [2.24, 2.45) is 11.8 Å². The average molecular weight is 495 g/mol. The first-order chi connectivity index (χ1) is 17.3. The molecule has 7 nitrogen and oxygen atoms in total. The number of hydrogen-bond acceptors (Lipinski definition) is 7. The molecule has 3 aliphatic rings. The first-order valence-corrected chi connectivity index (χ1v) is 13.2. The molecule has 0 spiro atoms. The van der Waals surface area contributed by atoms with Crippen molar-refractivity contribution in [3.8, 4) is 0 Å². The number of ether oxygens (including phenoxy) is 2. The maximum Gasteiger partial charge on any atom is 0.337 e. The van der Waals surface area contributed by atoms with E-state index in [4.69, 9.17) is 9.47 Å². The molecule has 1 N–H and O–H groups in total. The fourth-order valence-electron chi connectivity index (χ4n) is 5.97. The van der Waals surface area contributed by atoms with E-state index in [9.17, 15) is 14.4 Å². The molecular weight excluding hydrogens is 456 g/mol. The highest BCUT2D eigenvalue weighted by atomic mass is 16.5. The Labute approximate surface area is 213 Å². The Bertz CT molecular complexity index is 1080. The summed E-state index contributed by atoms with van der Waals surface area (Å²) in [7, 11) is 1.31. The molecule has 3 atom stereocenters. The van der Waals surface area contributed by atoms with E-state index in [2.05, 4.69) is 24.1 Å². The molecular formula is C29H38N2O5. The third-order valence-corrected chi connectivity index (χ3v) is 7.89. The molecule has 4 rings (SSSR count). The van der Waals surface area contributed by atoms with Gasteiger partial charge < -0.3 is 19.7 Å². The number of carbonyl (C=O) groups is 3. The van der Waals surface area contributed by atoms with Crippen molar-refractivity contribution in [2.75, 3.05) is 25.1 Å². The van der Waals surface area contributed by atoms with Gasteiger partial charge in [-0.3, -0.25) is 9.59 Å². The maximum absolute atomic E-state index is 13.9. The third kappa shape index (κ3) is 4.80. The Hall–Kier alpha value is -3.09. The second kappa shape index (κ2) is 10.9. The summed E-state index contributed by atoms with van der Waals surface area (Å²) < 4.78 is 10.9. The molecule has 1 aromatic rings. The lowest BCUT2D eigenvalue weighted by molar-refractivity contribution is -0.151. The molecule has 1 heterocycles. The van der Waals surface area contributed by atoms with E-state index in [0.29, 0.717) is 23.3 Å². The van der Waals surface area contributed by atoms with Crippen LogP contribution in [0.25, 0.3) is 0 Å². The van der Waals surface area contributed by atoms with Gasteiger partial charge in [-0.05, 0) is 76.5 Å². The topological polar surface area (TPSA) is 84.9 Å². The highest BCUT2D eigenvalue weighted by Gasteiger charge is 2.47. The summed E-state index contributed by atoms with van der Waals surface area (Å²) in [6, 6.07) is 8.05. The van der Waals surface area contributed by atoms with E-state index in [1.807, 2.05) is 38.1 Å². The lowest BCUT2D eigenvalue weighted by Crippen LogP contribution is -2.43. The minimum atomic E-state index is -0.890. The number of carbonyl (C=O) groups excluding carboxylic acids is 3. The summed E-state index contributed by atoms with van der Waals surface area (Å²) in [5, 5.41) is 3.34. The molecule has 7 heteroatoms. The van der Waals surface area contributed by atoms with Gasteiger partial charge in [0.05, 0.1) is 12.7 Å². The highest BCUT2D eigenvalue weighted by molar-refractivity contribution is 6.12. The van der Waals surface area contributed by atoms with Crippen LogP contribution in [0.2, 0.25) is 0 Å². The number of rotatable bonds is 7. The standard InChI is InChI=1S/C29H38N2O5/c1-6-31(7-2)20-14-12-19(13-15-20)25-24(29(34)36-21-10-8-9-11-21)18(4)30-22-16-17(3)23(28(33)35-5)27(32)26(22)25/h12-15,17,21,23,25,30H,6-11,16H2,1-5H3/t17-,23-,25+/m0/s1. The summed E-state index contributed by atoms with van der Waals surface area (Å²) in [4.78, 5) is 42.3. The Morgan fingerprint density at radius 1 is 1.08 bits per heavy atom. The van der Waals surface area contributed by atoms with Crippen molar-refractivity contribution in [3.05, 3.63) is 52.4 Å². The van der Waals surface area contributed by atoms with Crippen molar-refractivity contribution in [1.29, 1.82) is 0 Å². The van der Waals surface area contributed by atoms with Gasteiger partial charge in [-0.1, -0.05) is 19.1 Å². The molecule has 36 heavy (non-hydrogen) atoms. The highest BCUT2D eigenvalue weighted by Crippen LogP contribution is 2.46. The Kier molecular flexibility index (Phi) is 7.86. The Morgan fingerprint density at radius 2 is 1.72 bits per heavy atom. The van der Waals surface area contributed by atoms with Crippen LogP contribution in [0.3, 0.4) is 0 Å². The van der Waals surface area contributed by atoms with Crippen LogP contribution in [0.1, 0.15) is 71.3 Å². The minimum Gasteiger partial charge on any atom is -0.468 e. The van der Waals surface area contributed by atoms with Crippen molar-refractivity contribution in [3.63, 3.8) is 0 Å². The molecule has 0 radical (unpaired) electrons. The lowest BCUT2D eigenvalue weighted by atomic mass is 9.69. The van der Waals surface area contributed by atoms with Crippen LogP contribution in [0.15, 0.2) is 46.8 Å². The Balaban J connectivity index is 1.79. The number of nitrogens with one attached hydrogen (secondary N) is 1. The summed E-state index contributed by atoms with van der Waals surface area (Å²) in [6.07, 6.45) is 4.27. The van der Waals surface area contributed by atoms with E-state index in [-0.39, 0.29) is 17.8 Å². The summed E-state index contributed by atoms with van der Waals surface area (Å²) in [5.41, 5.74) is 4.32. The fourth-order valence-corrected chi connectivity index (χ4v) is 5.97. The predicted octanol–water partition coefficient (Wildman–Crippen LogP) is 4.63. The number of hydrogen-bond donors (Lipinski definition) is 1. The maximum atomic E-state index is 13.9. The molecule has 194 valence electrons. The molecule has 1 aliphatic heterocycles. The van der Waals surface area contributed by atoms with Crippen molar-refractivity contribution >= 4 is 23.4 Å². The summed E-state index contributed by atoms with van der Waals surface area (Å²) in [6.45, 7) is 9.75. The second-order valence-electron chi connectivity index (χ2n) is 10.1. The van der Waals surface area contributed by atoms with Gasteiger partial charge in [0.15, 0.2) is 5.78 Å². The molecule has 0 bridgehead atoms.